The molecule has 0 saturated heterocycles. The Bertz CT molecular complexity index is 2940. The van der Waals surface area contributed by atoms with Crippen LogP contribution in [0.2, 0.25) is 0 Å². The third kappa shape index (κ3) is 27.0. The molecule has 8 unspecified atom stereocenters. The Morgan fingerprint density at radius 2 is 0.541 bits per heavy atom. The van der Waals surface area contributed by atoms with Crippen LogP contribution in [-0.4, -0.2) is 51.1 Å². The van der Waals surface area contributed by atoms with E-state index < -0.39 is 0 Å². The average Bonchev–Trinajstić information content (AvgIpc) is 1.74. The maximum Gasteiger partial charge on any atom is 0.202 e. The molecule has 538 valence electrons. The predicted octanol–water partition coefficient (Wildman–Crippen LogP) is 25.1. The van der Waals surface area contributed by atoms with Crippen molar-refractivity contribution >= 4 is 0 Å². The summed E-state index contributed by atoms with van der Waals surface area (Å²) in [6.45, 7) is 22.2. The Morgan fingerprint density at radius 3 is 0.827 bits per heavy atom. The largest absolute Gasteiger partial charge is 0.465 e. The molecule has 0 amide bonds. The molecule has 11 rings (SSSR count). The van der Waals surface area contributed by atoms with Gasteiger partial charge in [0.05, 0.1) is 19.3 Å². The molecule has 8 atom stereocenters. The Morgan fingerprint density at radius 1 is 0.286 bits per heavy atom. The molecule has 0 radical (unpaired) electrons. The highest BCUT2D eigenvalue weighted by atomic mass is 16.7. The third-order valence-corrected chi connectivity index (χ3v) is 22.1. The first-order valence-electron chi connectivity index (χ1n) is 39.7. The molecule has 6 aromatic rings. The Hall–Kier alpha value is -5.64. The lowest BCUT2D eigenvalue weighted by Gasteiger charge is -2.31. The Balaban J connectivity index is 0.000000167. The topological polar surface area (TPSA) is 73.8 Å². The van der Waals surface area contributed by atoms with Crippen molar-refractivity contribution < 1.29 is 37.9 Å². The van der Waals surface area contributed by atoms with Crippen molar-refractivity contribution in [1.82, 2.24) is 0 Å². The maximum atomic E-state index is 6.46. The number of hydrogen-bond acceptors (Lipinski definition) is 8. The fourth-order valence-corrected chi connectivity index (χ4v) is 14.7. The van der Waals surface area contributed by atoms with Crippen LogP contribution in [0.1, 0.15) is 293 Å². The Labute approximate surface area is 595 Å². The van der Waals surface area contributed by atoms with E-state index in [4.69, 9.17) is 37.9 Å². The number of ether oxygens (including phenoxy) is 8. The summed E-state index contributed by atoms with van der Waals surface area (Å²) in [6, 6.07) is 55.6. The lowest BCUT2D eigenvalue weighted by molar-refractivity contribution is -0.155. The predicted molar refractivity (Wildman–Crippen MR) is 407 cm³/mol. The van der Waals surface area contributed by atoms with Gasteiger partial charge in [0.25, 0.3) is 0 Å². The number of hydrogen-bond donors (Lipinski definition) is 0. The lowest BCUT2D eigenvalue weighted by atomic mass is 9.88. The van der Waals surface area contributed by atoms with Gasteiger partial charge in [-0.1, -0.05) is 248 Å². The molecular weight excluding hydrogens is 1210 g/mol. The second kappa shape index (κ2) is 44.6. The molecule has 5 fully saturated rings. The minimum Gasteiger partial charge on any atom is -0.465 e. The highest BCUT2D eigenvalue weighted by Gasteiger charge is 2.32. The maximum absolute atomic E-state index is 6.46. The van der Waals surface area contributed by atoms with Gasteiger partial charge in [-0.3, -0.25) is 0 Å². The molecule has 0 bridgehead atoms. The molecule has 0 spiro atoms. The van der Waals surface area contributed by atoms with Crippen molar-refractivity contribution in [2.24, 2.45) is 23.7 Å². The molecular formula is C90H130O8. The normalized spacial score (nSPS) is 18.9. The average molecular weight is 1340 g/mol. The van der Waals surface area contributed by atoms with Gasteiger partial charge in [-0.05, 0) is 215 Å². The fourth-order valence-electron chi connectivity index (χ4n) is 14.7. The molecule has 98 heavy (non-hydrogen) atoms. The van der Waals surface area contributed by atoms with Crippen molar-refractivity contribution in [3.8, 4) is 23.0 Å². The second-order valence-corrected chi connectivity index (χ2v) is 29.4. The molecule has 0 heterocycles. The van der Waals surface area contributed by atoms with E-state index in [0.717, 1.165) is 48.7 Å². The first-order chi connectivity index (χ1) is 48.0. The Kier molecular flexibility index (Phi) is 35.5. The van der Waals surface area contributed by atoms with Crippen LogP contribution in [0.4, 0.5) is 0 Å². The minimum atomic E-state index is -0.136. The molecule has 0 aromatic heterocycles. The zero-order valence-electron chi connectivity index (χ0n) is 62.4. The van der Waals surface area contributed by atoms with Gasteiger partial charge in [0, 0.05) is 30.3 Å². The van der Waals surface area contributed by atoms with Crippen molar-refractivity contribution in [3.05, 3.63) is 191 Å². The quantitative estimate of drug-likeness (QED) is 0.0387. The summed E-state index contributed by atoms with van der Waals surface area (Å²) < 4.78 is 49.9. The summed E-state index contributed by atoms with van der Waals surface area (Å²) in [4.78, 5) is 0. The van der Waals surface area contributed by atoms with Crippen LogP contribution < -0.4 is 18.9 Å². The monoisotopic (exact) mass is 1340 g/mol. The smallest absolute Gasteiger partial charge is 0.202 e. The van der Waals surface area contributed by atoms with Gasteiger partial charge in [0.1, 0.15) is 23.0 Å². The molecule has 5 aliphatic carbocycles. The summed E-state index contributed by atoms with van der Waals surface area (Å²) in [5.41, 5.74) is 8.17. The van der Waals surface area contributed by atoms with Gasteiger partial charge in [0.2, 0.25) is 25.2 Å². The highest BCUT2D eigenvalue weighted by molar-refractivity contribution is 5.32. The molecule has 8 nitrogen and oxygen atoms in total. The molecule has 8 heteroatoms. The van der Waals surface area contributed by atoms with Gasteiger partial charge in [0.15, 0.2) is 0 Å². The number of rotatable bonds is 32. The first-order valence-corrected chi connectivity index (χ1v) is 39.7. The van der Waals surface area contributed by atoms with E-state index in [-0.39, 0.29) is 25.2 Å². The summed E-state index contributed by atoms with van der Waals surface area (Å²) in [5, 5.41) is 0. The standard InChI is InChI=1S/C25H34O2.C24H32O2.C22H34O2.C19H30O2/c1-3-20(2)22-14-16-24(17-15-22)27-25(23-12-8-5-9-13-23)26-19-18-21-10-6-4-7-11-21;1-3-19(2)21-13-15-23(16-14-21)26-24(22-11-7-8-12-22)25-18-17-20-9-5-4-6-10-20;1-3-17(2)18-13-15-21(16-14-18)24-22(19-9-7-8-10-19)23-20-11-5-4-6-12-20;1-4-15(3)16-11-13-18(14-12-16)21-19(20-5-2)17-9-7-6-8-10-17/h4,6-7,10-11,14-17,20,23,25H,3,5,8-9,12-13,18-19H2,1-2H3;4-6,9-10,13-16,19,22,24H,3,7-8,11-12,17-18H2,1-2H3;13-17,19-20,22H,3-12H2,1-2H3;11-15,17,19H,4-10H2,1-3H3. The molecule has 0 N–H and O–H groups in total. The van der Waals surface area contributed by atoms with Crippen LogP contribution in [0.5, 0.6) is 23.0 Å². The van der Waals surface area contributed by atoms with E-state index in [0.29, 0.717) is 73.3 Å². The zero-order chi connectivity index (χ0) is 68.9. The first kappa shape index (κ1) is 78.1. The summed E-state index contributed by atoms with van der Waals surface area (Å²) in [6.07, 6.45) is 35.9. The van der Waals surface area contributed by atoms with Crippen LogP contribution in [0.3, 0.4) is 0 Å². The zero-order valence-corrected chi connectivity index (χ0v) is 62.4. The van der Waals surface area contributed by atoms with E-state index in [9.17, 15) is 0 Å². The van der Waals surface area contributed by atoms with Gasteiger partial charge in [-0.25, -0.2) is 0 Å². The van der Waals surface area contributed by atoms with Crippen LogP contribution >= 0.6 is 0 Å². The minimum absolute atomic E-state index is 0.0509. The van der Waals surface area contributed by atoms with Crippen LogP contribution in [0.25, 0.3) is 0 Å². The van der Waals surface area contributed by atoms with E-state index in [2.05, 4.69) is 213 Å². The van der Waals surface area contributed by atoms with Crippen molar-refractivity contribution in [2.45, 2.75) is 303 Å². The second-order valence-electron chi connectivity index (χ2n) is 29.4. The van der Waals surface area contributed by atoms with Gasteiger partial charge < -0.3 is 37.9 Å². The van der Waals surface area contributed by atoms with Crippen molar-refractivity contribution in [2.75, 3.05) is 19.8 Å². The van der Waals surface area contributed by atoms with E-state index in [1.807, 2.05) is 6.92 Å². The number of benzene rings is 6. The fraction of sp³-hybridized carbons (Fsp3) is 0.600. The molecule has 0 aliphatic heterocycles. The third-order valence-electron chi connectivity index (χ3n) is 22.1. The molecule has 5 aliphatic rings. The summed E-state index contributed by atoms with van der Waals surface area (Å²) in [7, 11) is 0. The van der Waals surface area contributed by atoms with Crippen LogP contribution in [0, 0.1) is 23.7 Å². The van der Waals surface area contributed by atoms with Gasteiger partial charge in [-0.2, -0.15) is 0 Å². The van der Waals surface area contributed by atoms with E-state index >= 15 is 0 Å². The van der Waals surface area contributed by atoms with E-state index in [1.165, 1.54) is 194 Å². The van der Waals surface area contributed by atoms with Gasteiger partial charge >= 0.3 is 0 Å². The van der Waals surface area contributed by atoms with Gasteiger partial charge in [-0.15, -0.1) is 0 Å². The molecule has 5 saturated carbocycles. The molecule has 6 aromatic carbocycles. The highest BCUT2D eigenvalue weighted by Crippen LogP contribution is 2.37. The summed E-state index contributed by atoms with van der Waals surface area (Å²) >= 11 is 0. The van der Waals surface area contributed by atoms with E-state index in [1.54, 1.807) is 0 Å². The lowest BCUT2D eigenvalue weighted by Crippen LogP contribution is -2.34. The SMILES string of the molecule is CCC(C)c1ccc(OC(OC2CCCCC2)C2CCCC2)cc1.CCC(C)c1ccc(OC(OCCc2ccccc2)C2CCCC2)cc1.CCC(C)c1ccc(OC(OCCc2ccccc2)C2CCCCC2)cc1.CCOC(Oc1ccc(C(C)CC)cc1)C1CCCCC1. The van der Waals surface area contributed by atoms with Crippen LogP contribution in [0.15, 0.2) is 158 Å². The van der Waals surface area contributed by atoms with Crippen LogP contribution in [-0.2, 0) is 31.8 Å². The summed E-state index contributed by atoms with van der Waals surface area (Å²) in [5.74, 6) is 8.31. The van der Waals surface area contributed by atoms with Crippen molar-refractivity contribution in [3.63, 3.8) is 0 Å². The van der Waals surface area contributed by atoms with Crippen molar-refractivity contribution in [1.29, 1.82) is 0 Å².